The maximum Gasteiger partial charge on any atom is 0.266 e. The summed E-state index contributed by atoms with van der Waals surface area (Å²) in [6.45, 7) is 2.61. The molecule has 0 fully saturated rings. The molecule has 0 bridgehead atoms. The summed E-state index contributed by atoms with van der Waals surface area (Å²) in [5, 5.41) is 12.2. The zero-order valence-corrected chi connectivity index (χ0v) is 18.3. The van der Waals surface area contributed by atoms with Crippen molar-refractivity contribution in [2.24, 2.45) is 0 Å². The van der Waals surface area contributed by atoms with Gasteiger partial charge in [-0.3, -0.25) is 4.79 Å². The summed E-state index contributed by atoms with van der Waals surface area (Å²) in [5.41, 5.74) is 1.85. The Morgan fingerprint density at radius 2 is 1.85 bits per heavy atom. The predicted molar refractivity (Wildman–Crippen MR) is 124 cm³/mol. The Bertz CT molecular complexity index is 1180. The molecule has 3 aromatic carbocycles. The van der Waals surface area contributed by atoms with Gasteiger partial charge < -0.3 is 19.5 Å². The number of methoxy groups -OCH3 is 1. The average Bonchev–Trinajstić information content (AvgIpc) is 2.83. The molecule has 0 spiro atoms. The topological polar surface area (TPSA) is 80.6 Å². The minimum absolute atomic E-state index is 0.0705. The van der Waals surface area contributed by atoms with Gasteiger partial charge in [0.2, 0.25) is 0 Å². The van der Waals surface area contributed by atoms with E-state index in [0.29, 0.717) is 35.1 Å². The second kappa shape index (κ2) is 11.3. The molecule has 168 valence electrons. The van der Waals surface area contributed by atoms with Crippen LogP contribution in [0, 0.1) is 17.1 Å². The van der Waals surface area contributed by atoms with Gasteiger partial charge in [-0.2, -0.15) is 5.26 Å². The molecule has 0 saturated heterocycles. The van der Waals surface area contributed by atoms with E-state index in [-0.39, 0.29) is 18.0 Å². The van der Waals surface area contributed by atoms with Gasteiger partial charge in [0.15, 0.2) is 11.5 Å². The lowest BCUT2D eigenvalue weighted by Gasteiger charge is -2.12. The first kappa shape index (κ1) is 23.4. The molecule has 1 amide bonds. The van der Waals surface area contributed by atoms with Crippen LogP contribution >= 0.6 is 0 Å². The number of hydrogen-bond acceptors (Lipinski definition) is 5. The number of carbonyl (C=O) groups is 1. The molecule has 0 aliphatic heterocycles. The first-order valence-electron chi connectivity index (χ1n) is 10.2. The summed E-state index contributed by atoms with van der Waals surface area (Å²) < 4.78 is 29.6. The van der Waals surface area contributed by atoms with Crippen LogP contribution in [0.25, 0.3) is 6.08 Å². The molecule has 0 unspecified atom stereocenters. The van der Waals surface area contributed by atoms with E-state index >= 15 is 0 Å². The molecule has 3 rings (SSSR count). The van der Waals surface area contributed by atoms with E-state index in [4.69, 9.17) is 14.2 Å². The maximum absolute atomic E-state index is 13.1. The highest BCUT2D eigenvalue weighted by Gasteiger charge is 2.12. The number of nitrogens with one attached hydrogen (secondary N) is 1. The maximum atomic E-state index is 13.1. The van der Waals surface area contributed by atoms with Gasteiger partial charge in [-0.1, -0.05) is 24.3 Å². The molecule has 0 saturated carbocycles. The summed E-state index contributed by atoms with van der Waals surface area (Å²) in [6.07, 6.45) is 1.47. The highest BCUT2D eigenvalue weighted by molar-refractivity contribution is 6.09. The van der Waals surface area contributed by atoms with Crippen molar-refractivity contribution in [3.63, 3.8) is 0 Å². The molecule has 1 N–H and O–H groups in total. The standard InChI is InChI=1S/C26H23FN2O4/c1-3-32-23-6-4-5-22(15-23)29-26(30)20(16-28)13-19-9-12-24(25(14-19)31-2)33-17-18-7-10-21(27)11-8-18/h4-15H,3,17H2,1-2H3,(H,29,30). The molecule has 33 heavy (non-hydrogen) atoms. The Hall–Kier alpha value is -4.31. The fraction of sp³-hybridized carbons (Fsp3) is 0.154. The summed E-state index contributed by atoms with van der Waals surface area (Å²) >= 11 is 0. The molecule has 0 atom stereocenters. The molecular formula is C26H23FN2O4. The Morgan fingerprint density at radius 1 is 1.06 bits per heavy atom. The van der Waals surface area contributed by atoms with Crippen LogP contribution in [0.15, 0.2) is 72.3 Å². The average molecular weight is 446 g/mol. The fourth-order valence-electron chi connectivity index (χ4n) is 2.98. The van der Waals surface area contributed by atoms with Gasteiger partial charge in [0.05, 0.1) is 13.7 Å². The summed E-state index contributed by atoms with van der Waals surface area (Å²) in [4.78, 5) is 12.6. The Balaban J connectivity index is 1.73. The van der Waals surface area contributed by atoms with E-state index in [9.17, 15) is 14.4 Å². The highest BCUT2D eigenvalue weighted by Crippen LogP contribution is 2.30. The third-order valence-electron chi connectivity index (χ3n) is 4.57. The van der Waals surface area contributed by atoms with Gasteiger partial charge in [0.25, 0.3) is 5.91 Å². The number of ether oxygens (including phenoxy) is 3. The molecule has 0 heterocycles. The van der Waals surface area contributed by atoms with Gasteiger partial charge in [0, 0.05) is 11.8 Å². The normalized spacial score (nSPS) is 10.8. The van der Waals surface area contributed by atoms with E-state index in [2.05, 4.69) is 5.32 Å². The van der Waals surface area contributed by atoms with Crippen LogP contribution in [0.2, 0.25) is 0 Å². The first-order valence-corrected chi connectivity index (χ1v) is 10.2. The second-order valence-corrected chi connectivity index (χ2v) is 6.91. The van der Waals surface area contributed by atoms with E-state index in [1.807, 2.05) is 13.0 Å². The summed E-state index contributed by atoms with van der Waals surface area (Å²) in [7, 11) is 1.50. The van der Waals surface area contributed by atoms with Crippen molar-refractivity contribution >= 4 is 17.7 Å². The minimum atomic E-state index is -0.540. The third kappa shape index (κ3) is 6.58. The highest BCUT2D eigenvalue weighted by atomic mass is 19.1. The molecular weight excluding hydrogens is 423 g/mol. The van der Waals surface area contributed by atoms with Crippen molar-refractivity contribution in [3.05, 3.63) is 89.2 Å². The number of anilines is 1. The lowest BCUT2D eigenvalue weighted by atomic mass is 10.1. The SMILES string of the molecule is CCOc1cccc(NC(=O)C(C#N)=Cc2ccc(OCc3ccc(F)cc3)c(OC)c2)c1. The Kier molecular flexibility index (Phi) is 8.03. The van der Waals surface area contributed by atoms with Crippen LogP contribution in [0.5, 0.6) is 17.2 Å². The number of benzene rings is 3. The monoisotopic (exact) mass is 446 g/mol. The zero-order valence-electron chi connectivity index (χ0n) is 18.3. The fourth-order valence-corrected chi connectivity index (χ4v) is 2.98. The quantitative estimate of drug-likeness (QED) is 0.354. The van der Waals surface area contributed by atoms with Crippen molar-refractivity contribution in [1.82, 2.24) is 0 Å². The molecule has 0 aliphatic carbocycles. The largest absolute Gasteiger partial charge is 0.494 e. The van der Waals surface area contributed by atoms with Crippen molar-refractivity contribution in [3.8, 4) is 23.3 Å². The number of carbonyl (C=O) groups excluding carboxylic acids is 1. The van der Waals surface area contributed by atoms with Crippen LogP contribution < -0.4 is 19.5 Å². The number of nitrogens with zero attached hydrogens (tertiary/aromatic N) is 1. The number of nitriles is 1. The van der Waals surface area contributed by atoms with Gasteiger partial charge in [-0.25, -0.2) is 4.39 Å². The molecule has 0 aromatic heterocycles. The van der Waals surface area contributed by atoms with Crippen LogP contribution in [0.4, 0.5) is 10.1 Å². The summed E-state index contributed by atoms with van der Waals surface area (Å²) in [5.74, 6) is 0.690. The van der Waals surface area contributed by atoms with Gasteiger partial charge in [0.1, 0.15) is 29.8 Å². The predicted octanol–water partition coefficient (Wildman–Crippen LogP) is 5.36. The van der Waals surface area contributed by atoms with Crippen LogP contribution in [0.1, 0.15) is 18.1 Å². The molecule has 3 aromatic rings. The zero-order chi connectivity index (χ0) is 23.6. The van der Waals surface area contributed by atoms with Crippen molar-refractivity contribution in [2.75, 3.05) is 19.0 Å². The second-order valence-electron chi connectivity index (χ2n) is 6.91. The van der Waals surface area contributed by atoms with Gasteiger partial charge in [-0.15, -0.1) is 0 Å². The van der Waals surface area contributed by atoms with E-state index < -0.39 is 5.91 Å². The molecule has 7 heteroatoms. The van der Waals surface area contributed by atoms with Crippen LogP contribution in [-0.2, 0) is 11.4 Å². The molecule has 6 nitrogen and oxygen atoms in total. The van der Waals surface area contributed by atoms with Gasteiger partial charge in [-0.05, 0) is 60.5 Å². The van der Waals surface area contributed by atoms with Gasteiger partial charge >= 0.3 is 0 Å². The van der Waals surface area contributed by atoms with Crippen molar-refractivity contribution in [1.29, 1.82) is 5.26 Å². The molecule has 0 radical (unpaired) electrons. The van der Waals surface area contributed by atoms with Crippen molar-refractivity contribution < 1.29 is 23.4 Å². The number of rotatable bonds is 9. The Labute approximate surface area is 191 Å². The summed E-state index contributed by atoms with van der Waals surface area (Å²) in [6, 6.07) is 19.9. The number of amides is 1. The smallest absolute Gasteiger partial charge is 0.266 e. The van der Waals surface area contributed by atoms with E-state index in [1.165, 1.54) is 25.3 Å². The van der Waals surface area contributed by atoms with E-state index in [1.54, 1.807) is 54.6 Å². The molecule has 0 aliphatic rings. The number of halogens is 1. The van der Waals surface area contributed by atoms with Crippen LogP contribution in [0.3, 0.4) is 0 Å². The first-order chi connectivity index (χ1) is 16.0. The van der Waals surface area contributed by atoms with Crippen LogP contribution in [-0.4, -0.2) is 19.6 Å². The van der Waals surface area contributed by atoms with Crippen molar-refractivity contribution in [2.45, 2.75) is 13.5 Å². The lowest BCUT2D eigenvalue weighted by molar-refractivity contribution is -0.112. The van der Waals surface area contributed by atoms with E-state index in [0.717, 1.165) is 5.56 Å². The Morgan fingerprint density at radius 3 is 2.55 bits per heavy atom. The minimum Gasteiger partial charge on any atom is -0.494 e. The third-order valence-corrected chi connectivity index (χ3v) is 4.57. The number of hydrogen-bond donors (Lipinski definition) is 1. The lowest BCUT2D eigenvalue weighted by Crippen LogP contribution is -2.13.